The molecule has 1 N–H and O–H groups in total. The van der Waals surface area contributed by atoms with Crippen molar-refractivity contribution in [3.05, 3.63) is 28.2 Å². The SMILES string of the molecule is CCOC(=O)/C(C)=N\Nc1ccc2nnc(C)c(=O)n2n1. The summed E-state index contributed by atoms with van der Waals surface area (Å²) in [5.41, 5.74) is 2.93. The zero-order valence-electron chi connectivity index (χ0n) is 11.8. The Morgan fingerprint density at radius 2 is 2.19 bits per heavy atom. The van der Waals surface area contributed by atoms with Crippen LogP contribution in [0.1, 0.15) is 19.5 Å². The molecule has 0 atom stereocenters. The first kappa shape index (κ1) is 14.6. The summed E-state index contributed by atoms with van der Waals surface area (Å²) in [4.78, 5) is 23.3. The van der Waals surface area contributed by atoms with Gasteiger partial charge in [0, 0.05) is 0 Å². The average Bonchev–Trinajstić information content (AvgIpc) is 2.49. The van der Waals surface area contributed by atoms with Crippen molar-refractivity contribution in [3.63, 3.8) is 0 Å². The summed E-state index contributed by atoms with van der Waals surface area (Å²) in [6, 6.07) is 3.14. The topological polar surface area (TPSA) is 111 Å². The molecule has 0 fully saturated rings. The van der Waals surface area contributed by atoms with E-state index in [-0.39, 0.29) is 23.6 Å². The highest BCUT2D eigenvalue weighted by Gasteiger charge is 2.07. The first-order valence-electron chi connectivity index (χ1n) is 6.23. The predicted molar refractivity (Wildman–Crippen MR) is 75.2 cm³/mol. The van der Waals surface area contributed by atoms with E-state index in [4.69, 9.17) is 4.74 Å². The summed E-state index contributed by atoms with van der Waals surface area (Å²) in [6.45, 7) is 5.03. The molecule has 2 heterocycles. The van der Waals surface area contributed by atoms with E-state index in [1.54, 1.807) is 26.0 Å². The van der Waals surface area contributed by atoms with Crippen LogP contribution in [0, 0.1) is 6.92 Å². The quantitative estimate of drug-likeness (QED) is 0.484. The molecule has 0 spiro atoms. The molecule has 110 valence electrons. The number of fused-ring (bicyclic) bond motifs is 1. The van der Waals surface area contributed by atoms with Gasteiger partial charge in [-0.2, -0.15) is 9.62 Å². The van der Waals surface area contributed by atoms with Crippen molar-refractivity contribution in [1.29, 1.82) is 0 Å². The minimum atomic E-state index is -0.523. The van der Waals surface area contributed by atoms with Gasteiger partial charge in [-0.15, -0.1) is 15.3 Å². The number of esters is 1. The van der Waals surface area contributed by atoms with Crippen molar-refractivity contribution >= 4 is 23.1 Å². The number of rotatable bonds is 4. The van der Waals surface area contributed by atoms with Crippen LogP contribution in [0.2, 0.25) is 0 Å². The Hall–Kier alpha value is -2.84. The summed E-state index contributed by atoms with van der Waals surface area (Å²) >= 11 is 0. The van der Waals surface area contributed by atoms with Gasteiger partial charge >= 0.3 is 5.97 Å². The van der Waals surface area contributed by atoms with Crippen LogP contribution in [0.25, 0.3) is 5.65 Å². The Labute approximate surface area is 119 Å². The zero-order chi connectivity index (χ0) is 15.4. The van der Waals surface area contributed by atoms with Gasteiger partial charge < -0.3 is 4.74 Å². The van der Waals surface area contributed by atoms with Crippen LogP contribution in [0.3, 0.4) is 0 Å². The predicted octanol–water partition coefficient (Wildman–Crippen LogP) is 0.144. The lowest BCUT2D eigenvalue weighted by Gasteiger charge is -2.04. The van der Waals surface area contributed by atoms with E-state index in [1.165, 1.54) is 6.92 Å². The fourth-order valence-corrected chi connectivity index (χ4v) is 1.45. The number of nitrogens with one attached hydrogen (secondary N) is 1. The second kappa shape index (κ2) is 6.07. The number of aryl methyl sites for hydroxylation is 1. The molecule has 21 heavy (non-hydrogen) atoms. The molecule has 0 saturated heterocycles. The van der Waals surface area contributed by atoms with Crippen LogP contribution in [0.4, 0.5) is 5.82 Å². The number of hydrazone groups is 1. The third-order valence-corrected chi connectivity index (χ3v) is 2.53. The number of hydrogen-bond acceptors (Lipinski definition) is 8. The lowest BCUT2D eigenvalue weighted by molar-refractivity contribution is -0.135. The van der Waals surface area contributed by atoms with Crippen molar-refractivity contribution in [2.45, 2.75) is 20.8 Å². The largest absolute Gasteiger partial charge is 0.461 e. The summed E-state index contributed by atoms with van der Waals surface area (Å²) < 4.78 is 5.90. The van der Waals surface area contributed by atoms with E-state index in [1.807, 2.05) is 0 Å². The van der Waals surface area contributed by atoms with Crippen molar-refractivity contribution in [3.8, 4) is 0 Å². The average molecular weight is 290 g/mol. The molecule has 2 aromatic heterocycles. The molecule has 0 bridgehead atoms. The van der Waals surface area contributed by atoms with Gasteiger partial charge in [-0.25, -0.2) is 4.79 Å². The normalized spacial score (nSPS) is 11.5. The monoisotopic (exact) mass is 290 g/mol. The Morgan fingerprint density at radius 1 is 1.43 bits per heavy atom. The van der Waals surface area contributed by atoms with E-state index in [9.17, 15) is 9.59 Å². The van der Waals surface area contributed by atoms with Crippen molar-refractivity contribution in [1.82, 2.24) is 19.8 Å². The van der Waals surface area contributed by atoms with Gasteiger partial charge in [0.2, 0.25) is 0 Å². The Balaban J connectivity index is 2.28. The molecule has 0 aliphatic heterocycles. The highest BCUT2D eigenvalue weighted by Crippen LogP contribution is 2.03. The number of hydrogen-bond donors (Lipinski definition) is 1. The zero-order valence-corrected chi connectivity index (χ0v) is 11.8. The molecule has 2 rings (SSSR count). The van der Waals surface area contributed by atoms with Gasteiger partial charge in [0.05, 0.1) is 6.61 Å². The fraction of sp³-hybridized carbons (Fsp3) is 0.333. The van der Waals surface area contributed by atoms with E-state index >= 15 is 0 Å². The number of ether oxygens (including phenoxy) is 1. The van der Waals surface area contributed by atoms with Gasteiger partial charge in [0.25, 0.3) is 5.56 Å². The molecule has 0 aliphatic carbocycles. The summed E-state index contributed by atoms with van der Waals surface area (Å²) in [5, 5.41) is 15.5. The molecule has 0 aliphatic rings. The third-order valence-electron chi connectivity index (χ3n) is 2.53. The van der Waals surface area contributed by atoms with Gasteiger partial charge in [-0.3, -0.25) is 10.2 Å². The summed E-state index contributed by atoms with van der Waals surface area (Å²) in [6.07, 6.45) is 0. The van der Waals surface area contributed by atoms with E-state index in [0.29, 0.717) is 11.5 Å². The van der Waals surface area contributed by atoms with Crippen LogP contribution in [0.5, 0.6) is 0 Å². The highest BCUT2D eigenvalue weighted by molar-refractivity contribution is 6.35. The molecule has 9 heteroatoms. The van der Waals surface area contributed by atoms with Crippen LogP contribution in [-0.4, -0.2) is 38.1 Å². The molecule has 2 aromatic rings. The molecule has 0 aromatic carbocycles. The minimum absolute atomic E-state index is 0.148. The third kappa shape index (κ3) is 3.19. The maximum absolute atomic E-state index is 11.9. The first-order valence-corrected chi connectivity index (χ1v) is 6.23. The molecule has 0 unspecified atom stereocenters. The van der Waals surface area contributed by atoms with Crippen LogP contribution in [-0.2, 0) is 9.53 Å². The van der Waals surface area contributed by atoms with Crippen molar-refractivity contribution < 1.29 is 9.53 Å². The number of aromatic nitrogens is 4. The van der Waals surface area contributed by atoms with Crippen molar-refractivity contribution in [2.75, 3.05) is 12.0 Å². The second-order valence-corrected chi connectivity index (χ2v) is 4.11. The second-order valence-electron chi connectivity index (χ2n) is 4.11. The fourth-order valence-electron chi connectivity index (χ4n) is 1.45. The molecule has 0 radical (unpaired) electrons. The number of carbonyl (C=O) groups is 1. The molecular weight excluding hydrogens is 276 g/mol. The van der Waals surface area contributed by atoms with E-state index in [0.717, 1.165) is 4.52 Å². The first-order chi connectivity index (χ1) is 10.0. The van der Waals surface area contributed by atoms with Crippen LogP contribution in [0.15, 0.2) is 22.0 Å². The molecule has 9 nitrogen and oxygen atoms in total. The van der Waals surface area contributed by atoms with Gasteiger partial charge in [0.15, 0.2) is 11.5 Å². The van der Waals surface area contributed by atoms with Gasteiger partial charge in [0.1, 0.15) is 11.4 Å². The molecular formula is C12H14N6O3. The smallest absolute Gasteiger partial charge is 0.354 e. The maximum Gasteiger partial charge on any atom is 0.354 e. The summed E-state index contributed by atoms with van der Waals surface area (Å²) in [7, 11) is 0. The minimum Gasteiger partial charge on any atom is -0.461 e. The Kier molecular flexibility index (Phi) is 4.21. The van der Waals surface area contributed by atoms with Crippen LogP contribution >= 0.6 is 0 Å². The Morgan fingerprint density at radius 3 is 2.90 bits per heavy atom. The van der Waals surface area contributed by atoms with Crippen LogP contribution < -0.4 is 11.0 Å². The van der Waals surface area contributed by atoms with Gasteiger partial charge in [-0.1, -0.05) is 0 Å². The maximum atomic E-state index is 11.9. The summed E-state index contributed by atoms with van der Waals surface area (Å²) in [5.74, 6) is -0.231. The molecule has 0 saturated carbocycles. The number of carbonyl (C=O) groups excluding carboxylic acids is 1. The lowest BCUT2D eigenvalue weighted by Crippen LogP contribution is -2.22. The van der Waals surface area contributed by atoms with Gasteiger partial charge in [-0.05, 0) is 32.9 Å². The Bertz CT molecular complexity index is 767. The standard InChI is InChI=1S/C12H14N6O3/c1-4-21-12(20)8(3)14-15-9-5-6-10-16-13-7(2)11(19)18(10)17-9/h5-6H,4H2,1-3H3,(H,15,17)/b14-8-. The van der Waals surface area contributed by atoms with E-state index < -0.39 is 5.97 Å². The molecule has 0 amide bonds. The van der Waals surface area contributed by atoms with E-state index in [2.05, 4.69) is 25.8 Å². The highest BCUT2D eigenvalue weighted by atomic mass is 16.5. The lowest BCUT2D eigenvalue weighted by atomic mass is 10.4. The number of anilines is 1. The number of nitrogens with zero attached hydrogens (tertiary/aromatic N) is 5. The van der Waals surface area contributed by atoms with Crippen molar-refractivity contribution in [2.24, 2.45) is 5.10 Å².